The summed E-state index contributed by atoms with van der Waals surface area (Å²) in [6, 6.07) is 4.44. The summed E-state index contributed by atoms with van der Waals surface area (Å²) >= 11 is 0. The Bertz CT molecular complexity index is 706. The molecule has 142 valence electrons. The molecule has 1 N–H and O–H groups in total. The van der Waals surface area contributed by atoms with E-state index in [0.717, 1.165) is 48.6 Å². The molecule has 0 aromatic carbocycles. The fraction of sp³-hybridized carbons (Fsp3) is 0.529. The first-order valence-corrected chi connectivity index (χ1v) is 8.58. The number of hydrogen-bond donors (Lipinski definition) is 1. The summed E-state index contributed by atoms with van der Waals surface area (Å²) < 4.78 is 44.2. The normalized spacial score (nSPS) is 17.2. The fourth-order valence-electron chi connectivity index (χ4n) is 3.14. The molecule has 0 saturated carbocycles. The first-order chi connectivity index (χ1) is 12.4. The van der Waals surface area contributed by atoms with Crippen molar-refractivity contribution in [3.63, 3.8) is 0 Å². The highest BCUT2D eigenvalue weighted by atomic mass is 19.4. The van der Waals surface area contributed by atoms with Crippen LogP contribution in [0.5, 0.6) is 0 Å². The van der Waals surface area contributed by atoms with Crippen molar-refractivity contribution < 1.29 is 22.4 Å². The first kappa shape index (κ1) is 18.5. The maximum absolute atomic E-state index is 12.6. The molecule has 1 atom stereocenters. The van der Waals surface area contributed by atoms with Gasteiger partial charge in [-0.05, 0) is 44.1 Å². The van der Waals surface area contributed by atoms with E-state index in [0.29, 0.717) is 6.54 Å². The van der Waals surface area contributed by atoms with Crippen LogP contribution in [-0.4, -0.2) is 40.2 Å². The number of alkyl halides is 3. The summed E-state index contributed by atoms with van der Waals surface area (Å²) in [6.45, 7) is 1.92. The van der Waals surface area contributed by atoms with E-state index in [1.807, 2.05) is 6.07 Å². The number of aromatic nitrogens is 2. The number of nitrogens with zero attached hydrogens (tertiary/aromatic N) is 3. The molecule has 0 aliphatic carbocycles. The zero-order valence-corrected chi connectivity index (χ0v) is 14.2. The van der Waals surface area contributed by atoms with Gasteiger partial charge in [-0.25, -0.2) is 0 Å². The van der Waals surface area contributed by atoms with Gasteiger partial charge in [-0.3, -0.25) is 14.4 Å². The predicted octanol–water partition coefficient (Wildman–Crippen LogP) is 2.84. The third kappa shape index (κ3) is 4.66. The van der Waals surface area contributed by atoms with Crippen LogP contribution in [-0.2, 0) is 17.5 Å². The maximum Gasteiger partial charge on any atom is 0.435 e. The second-order valence-electron chi connectivity index (χ2n) is 6.33. The summed E-state index contributed by atoms with van der Waals surface area (Å²) in [5, 5.41) is 6.17. The number of hydrogen-bond acceptors (Lipinski definition) is 4. The van der Waals surface area contributed by atoms with Gasteiger partial charge in [0.05, 0.1) is 12.3 Å². The van der Waals surface area contributed by atoms with Crippen LogP contribution in [0.2, 0.25) is 0 Å². The third-order valence-electron chi connectivity index (χ3n) is 4.43. The van der Waals surface area contributed by atoms with Crippen LogP contribution < -0.4 is 5.32 Å². The quantitative estimate of drug-likeness (QED) is 0.849. The number of likely N-dealkylation sites (tertiary alicyclic amines) is 1. The monoisotopic (exact) mass is 370 g/mol. The lowest BCUT2D eigenvalue weighted by Crippen LogP contribution is -2.41. The largest absolute Gasteiger partial charge is 0.468 e. The van der Waals surface area contributed by atoms with E-state index in [-0.39, 0.29) is 12.6 Å². The molecule has 9 heteroatoms. The van der Waals surface area contributed by atoms with Gasteiger partial charge in [-0.15, -0.1) is 0 Å². The molecule has 1 amide bonds. The molecule has 6 nitrogen and oxygen atoms in total. The standard InChI is InChI=1S/C17H21F3N4O2/c18-17(19,20)15-6-9-24(22-15)12-16(25)21-11-13(14-5-4-10-26-14)23-7-2-1-3-8-23/h4-6,9-10,13H,1-3,7-8,11-12H2,(H,21,25). The van der Waals surface area contributed by atoms with Crippen LogP contribution in [0.25, 0.3) is 0 Å². The number of amides is 1. The number of nitrogens with one attached hydrogen (secondary N) is 1. The van der Waals surface area contributed by atoms with Gasteiger partial charge >= 0.3 is 6.18 Å². The minimum Gasteiger partial charge on any atom is -0.468 e. The highest BCUT2D eigenvalue weighted by molar-refractivity contribution is 5.75. The number of carbonyl (C=O) groups is 1. The highest BCUT2D eigenvalue weighted by Gasteiger charge is 2.33. The minimum atomic E-state index is -4.51. The molecule has 1 unspecified atom stereocenters. The fourth-order valence-corrected chi connectivity index (χ4v) is 3.14. The molecule has 0 bridgehead atoms. The van der Waals surface area contributed by atoms with Crippen LogP contribution in [0, 0.1) is 0 Å². The molecule has 1 aliphatic heterocycles. The van der Waals surface area contributed by atoms with Crippen LogP contribution in [0.4, 0.5) is 13.2 Å². The van der Waals surface area contributed by atoms with Gasteiger partial charge in [0.25, 0.3) is 0 Å². The Balaban J connectivity index is 1.58. The molecular formula is C17H21F3N4O2. The Labute approximate surface area is 149 Å². The van der Waals surface area contributed by atoms with Gasteiger partial charge in [0.1, 0.15) is 12.3 Å². The lowest BCUT2D eigenvalue weighted by atomic mass is 10.1. The Morgan fingerprint density at radius 3 is 2.65 bits per heavy atom. The third-order valence-corrected chi connectivity index (χ3v) is 4.43. The topological polar surface area (TPSA) is 63.3 Å². The van der Waals surface area contributed by atoms with E-state index in [4.69, 9.17) is 4.42 Å². The Morgan fingerprint density at radius 2 is 2.04 bits per heavy atom. The number of rotatable bonds is 6. The summed E-state index contributed by atoms with van der Waals surface area (Å²) in [6.07, 6.45) is 1.61. The predicted molar refractivity (Wildman–Crippen MR) is 87.1 cm³/mol. The van der Waals surface area contributed by atoms with Crippen molar-refractivity contribution in [2.45, 2.75) is 38.0 Å². The molecule has 0 spiro atoms. The number of carbonyl (C=O) groups excluding carboxylic acids is 1. The summed E-state index contributed by atoms with van der Waals surface area (Å²) in [4.78, 5) is 14.4. The average molecular weight is 370 g/mol. The van der Waals surface area contributed by atoms with Crippen molar-refractivity contribution in [2.24, 2.45) is 0 Å². The zero-order valence-electron chi connectivity index (χ0n) is 14.2. The van der Waals surface area contributed by atoms with E-state index < -0.39 is 17.8 Å². The van der Waals surface area contributed by atoms with Gasteiger partial charge in [-0.1, -0.05) is 6.42 Å². The number of piperidine rings is 1. The van der Waals surface area contributed by atoms with E-state index in [2.05, 4.69) is 15.3 Å². The first-order valence-electron chi connectivity index (χ1n) is 8.58. The summed E-state index contributed by atoms with van der Waals surface area (Å²) in [7, 11) is 0. The molecule has 3 heterocycles. The van der Waals surface area contributed by atoms with Gasteiger partial charge in [-0.2, -0.15) is 18.3 Å². The number of halogens is 3. The van der Waals surface area contributed by atoms with E-state index >= 15 is 0 Å². The molecule has 3 rings (SSSR count). The van der Waals surface area contributed by atoms with Crippen molar-refractivity contribution in [1.82, 2.24) is 20.0 Å². The lowest BCUT2D eigenvalue weighted by molar-refractivity contribution is -0.141. The molecule has 1 saturated heterocycles. The van der Waals surface area contributed by atoms with Crippen LogP contribution in [0.15, 0.2) is 35.1 Å². The zero-order chi connectivity index (χ0) is 18.6. The van der Waals surface area contributed by atoms with E-state index in [9.17, 15) is 18.0 Å². The molecule has 26 heavy (non-hydrogen) atoms. The summed E-state index contributed by atoms with van der Waals surface area (Å²) in [5.41, 5.74) is -1.01. The van der Waals surface area contributed by atoms with Gasteiger partial charge in [0, 0.05) is 12.7 Å². The minimum absolute atomic E-state index is 0.0855. The number of furan rings is 1. The second-order valence-corrected chi connectivity index (χ2v) is 6.33. The van der Waals surface area contributed by atoms with Crippen LogP contribution in [0.3, 0.4) is 0 Å². The van der Waals surface area contributed by atoms with Crippen molar-refractivity contribution in [1.29, 1.82) is 0 Å². The Kier molecular flexibility index (Phi) is 5.65. The second kappa shape index (κ2) is 7.94. The van der Waals surface area contributed by atoms with Gasteiger partial charge in [0.15, 0.2) is 5.69 Å². The van der Waals surface area contributed by atoms with E-state index in [1.54, 1.807) is 12.3 Å². The average Bonchev–Trinajstić information content (AvgIpc) is 3.27. The van der Waals surface area contributed by atoms with E-state index in [1.165, 1.54) is 6.42 Å². The Hall–Kier alpha value is -2.29. The van der Waals surface area contributed by atoms with Crippen molar-refractivity contribution >= 4 is 5.91 Å². The maximum atomic E-state index is 12.6. The molecule has 2 aromatic heterocycles. The van der Waals surface area contributed by atoms with Crippen molar-refractivity contribution in [3.05, 3.63) is 42.1 Å². The van der Waals surface area contributed by atoms with Crippen LogP contribution in [0.1, 0.15) is 36.8 Å². The summed E-state index contributed by atoms with van der Waals surface area (Å²) in [5.74, 6) is 0.376. The smallest absolute Gasteiger partial charge is 0.435 e. The molecule has 2 aromatic rings. The molecule has 0 radical (unpaired) electrons. The molecule has 1 aliphatic rings. The van der Waals surface area contributed by atoms with Gasteiger partial charge in [0.2, 0.25) is 5.91 Å². The highest BCUT2D eigenvalue weighted by Crippen LogP contribution is 2.27. The Morgan fingerprint density at radius 1 is 1.27 bits per heavy atom. The SMILES string of the molecule is O=C(Cn1ccc(C(F)(F)F)n1)NCC(c1ccco1)N1CCCCC1. The lowest BCUT2D eigenvalue weighted by Gasteiger charge is -2.33. The van der Waals surface area contributed by atoms with Crippen LogP contribution >= 0.6 is 0 Å². The van der Waals surface area contributed by atoms with Crippen molar-refractivity contribution in [2.75, 3.05) is 19.6 Å². The van der Waals surface area contributed by atoms with Crippen molar-refractivity contribution in [3.8, 4) is 0 Å². The molecular weight excluding hydrogens is 349 g/mol. The van der Waals surface area contributed by atoms with Gasteiger partial charge < -0.3 is 9.73 Å². The molecule has 1 fully saturated rings.